The molecule has 0 heterocycles. The van der Waals surface area contributed by atoms with Crippen LogP contribution in [0.1, 0.15) is 96.8 Å². The molecule has 0 aromatic heterocycles. The van der Waals surface area contributed by atoms with Crippen molar-refractivity contribution in [3.05, 3.63) is 12.2 Å². The maximum absolute atomic E-state index is 10.3. The van der Waals surface area contributed by atoms with Gasteiger partial charge in [0, 0.05) is 6.42 Å². The van der Waals surface area contributed by atoms with Crippen molar-refractivity contribution >= 4 is 32.2 Å². The number of carboxylic acid groups (broad SMARTS) is 1. The van der Waals surface area contributed by atoms with E-state index in [-0.39, 0.29) is 26.2 Å². The van der Waals surface area contributed by atoms with Crippen LogP contribution in [0.3, 0.4) is 0 Å². The predicted octanol–water partition coefficient (Wildman–Crippen LogP) is 4.92. The Bertz CT molecular complexity index is 239. The first kappa shape index (κ1) is 23.4. The Morgan fingerprint density at radius 1 is 0.762 bits per heavy atom. The molecule has 2 nitrogen and oxygen atoms in total. The van der Waals surface area contributed by atoms with Crippen LogP contribution in [0.2, 0.25) is 0 Å². The summed E-state index contributed by atoms with van der Waals surface area (Å²) in [5, 5.41) is 8.51. The van der Waals surface area contributed by atoms with Gasteiger partial charge in [-0.15, -0.1) is 0 Å². The molecule has 0 aromatic carbocycles. The van der Waals surface area contributed by atoms with Crippen LogP contribution in [0, 0.1) is 0 Å². The number of unbranched alkanes of at least 4 members (excludes halogenated alkanes) is 11. The third-order valence-electron chi connectivity index (χ3n) is 3.65. The molecule has 0 aliphatic rings. The van der Waals surface area contributed by atoms with Crippen LogP contribution in [-0.2, 0) is 4.79 Å². The molecule has 0 atom stereocenters. The average Bonchev–Trinajstić information content (AvgIpc) is 2.43. The Balaban J connectivity index is 0. The number of rotatable bonds is 15. The van der Waals surface area contributed by atoms with Gasteiger partial charge in [-0.25, -0.2) is 0 Å². The topological polar surface area (TPSA) is 37.3 Å². The van der Waals surface area contributed by atoms with E-state index in [0.717, 1.165) is 12.8 Å². The van der Waals surface area contributed by atoms with Crippen LogP contribution >= 0.6 is 0 Å². The van der Waals surface area contributed by atoms with Crippen molar-refractivity contribution < 1.29 is 9.90 Å². The SMILES string of the molecule is CCCCCCCC/C=C\CCCCCCCC(=O)O.[BiH3]. The van der Waals surface area contributed by atoms with Crippen molar-refractivity contribution in [3.8, 4) is 0 Å². The molecule has 0 rings (SSSR count). The molecule has 0 fully saturated rings. The van der Waals surface area contributed by atoms with Gasteiger partial charge in [0.15, 0.2) is 0 Å². The van der Waals surface area contributed by atoms with Gasteiger partial charge in [-0.1, -0.05) is 70.4 Å². The van der Waals surface area contributed by atoms with Gasteiger partial charge < -0.3 is 5.11 Å². The molecule has 0 amide bonds. The third-order valence-corrected chi connectivity index (χ3v) is 3.65. The molecule has 21 heavy (non-hydrogen) atoms. The molecule has 0 aliphatic carbocycles. The minimum absolute atomic E-state index is 0. The summed E-state index contributed by atoms with van der Waals surface area (Å²) in [6, 6.07) is 0. The summed E-state index contributed by atoms with van der Waals surface area (Å²) >= 11 is 0. The second-order valence-corrected chi connectivity index (χ2v) is 5.73. The molecule has 0 aromatic rings. The van der Waals surface area contributed by atoms with Crippen molar-refractivity contribution in [3.63, 3.8) is 0 Å². The van der Waals surface area contributed by atoms with Crippen molar-refractivity contribution in [1.29, 1.82) is 0 Å². The fourth-order valence-corrected chi connectivity index (χ4v) is 2.35. The van der Waals surface area contributed by atoms with Gasteiger partial charge >= 0.3 is 32.2 Å². The Kier molecular flexibility index (Phi) is 22.4. The molecule has 1 N–H and O–H groups in total. The molecule has 0 radical (unpaired) electrons. The maximum atomic E-state index is 10.3. The van der Waals surface area contributed by atoms with Crippen molar-refractivity contribution in [2.45, 2.75) is 96.8 Å². The predicted molar refractivity (Wildman–Crippen MR) is 97.0 cm³/mol. The number of hydrogen-bond donors (Lipinski definition) is 1. The molecule has 3 heteroatoms. The van der Waals surface area contributed by atoms with E-state index in [1.807, 2.05) is 0 Å². The first-order chi connectivity index (χ1) is 9.77. The summed E-state index contributed by atoms with van der Waals surface area (Å²) in [4.78, 5) is 10.3. The number of aliphatic carboxylic acids is 1. The Morgan fingerprint density at radius 3 is 1.67 bits per heavy atom. The van der Waals surface area contributed by atoms with E-state index in [1.165, 1.54) is 70.6 Å². The zero-order chi connectivity index (χ0) is 14.9. The Hall–Kier alpha value is 0.0931. The molecular weight excluding hydrogens is 457 g/mol. The second kappa shape index (κ2) is 20.1. The van der Waals surface area contributed by atoms with E-state index in [2.05, 4.69) is 19.1 Å². The first-order valence-electron chi connectivity index (χ1n) is 8.64. The summed E-state index contributed by atoms with van der Waals surface area (Å²) in [5.74, 6) is -0.664. The van der Waals surface area contributed by atoms with Gasteiger partial charge in [0.1, 0.15) is 0 Å². The monoisotopic (exact) mass is 494 g/mol. The fourth-order valence-electron chi connectivity index (χ4n) is 2.35. The second-order valence-electron chi connectivity index (χ2n) is 5.73. The molecule has 0 bridgehead atoms. The van der Waals surface area contributed by atoms with Gasteiger partial charge in [0.25, 0.3) is 0 Å². The molecule has 0 unspecified atom stereocenters. The summed E-state index contributed by atoms with van der Waals surface area (Å²) < 4.78 is 0. The molecule has 126 valence electrons. The summed E-state index contributed by atoms with van der Waals surface area (Å²) in [6.07, 6.45) is 21.2. The van der Waals surface area contributed by atoms with E-state index in [9.17, 15) is 4.79 Å². The molecule has 0 spiro atoms. The van der Waals surface area contributed by atoms with Crippen LogP contribution in [0.15, 0.2) is 12.2 Å². The number of carboxylic acids is 1. The standard InChI is InChI=1S/C18H34O2.Bi.3H/c1-2-3-4-5-6-7-8-9-10-11-12-13-14-15-16-17-18(19)20;;;;/h9-10H,2-8,11-17H2,1H3,(H,19,20);;;;/b10-9-;;;;. The molecule has 0 aliphatic heterocycles. The minimum atomic E-state index is -0.664. The van der Waals surface area contributed by atoms with Gasteiger partial charge in [-0.3, -0.25) is 4.79 Å². The Morgan fingerprint density at radius 2 is 1.19 bits per heavy atom. The van der Waals surface area contributed by atoms with Crippen LogP contribution in [0.5, 0.6) is 0 Å². The zero-order valence-corrected chi connectivity index (χ0v) is 19.6. The van der Waals surface area contributed by atoms with E-state index in [0.29, 0.717) is 6.42 Å². The summed E-state index contributed by atoms with van der Waals surface area (Å²) in [7, 11) is 0. The van der Waals surface area contributed by atoms with Crippen LogP contribution in [0.25, 0.3) is 0 Å². The van der Waals surface area contributed by atoms with Gasteiger partial charge in [-0.05, 0) is 32.1 Å². The van der Waals surface area contributed by atoms with Crippen LogP contribution in [0.4, 0.5) is 0 Å². The van der Waals surface area contributed by atoms with Gasteiger partial charge in [0.2, 0.25) is 0 Å². The van der Waals surface area contributed by atoms with Crippen molar-refractivity contribution in [2.75, 3.05) is 0 Å². The van der Waals surface area contributed by atoms with E-state index < -0.39 is 5.97 Å². The van der Waals surface area contributed by atoms with E-state index in [1.54, 1.807) is 0 Å². The Labute approximate surface area is 150 Å². The van der Waals surface area contributed by atoms with Crippen LogP contribution in [-0.4, -0.2) is 37.3 Å². The third kappa shape index (κ3) is 22.5. The first-order valence-corrected chi connectivity index (χ1v) is 8.64. The number of carbonyl (C=O) groups is 1. The van der Waals surface area contributed by atoms with Crippen molar-refractivity contribution in [1.82, 2.24) is 0 Å². The van der Waals surface area contributed by atoms with Crippen molar-refractivity contribution in [2.24, 2.45) is 0 Å². The summed E-state index contributed by atoms with van der Waals surface area (Å²) in [5.41, 5.74) is 0. The van der Waals surface area contributed by atoms with Gasteiger partial charge in [-0.2, -0.15) is 0 Å². The number of hydrogen-bond acceptors (Lipinski definition) is 1. The van der Waals surface area contributed by atoms with Crippen LogP contribution < -0.4 is 0 Å². The number of allylic oxidation sites excluding steroid dienone is 2. The normalized spacial score (nSPS) is 10.7. The zero-order valence-electron chi connectivity index (χ0n) is 14.1. The van der Waals surface area contributed by atoms with Gasteiger partial charge in [0.05, 0.1) is 0 Å². The molecule has 0 saturated carbocycles. The average molecular weight is 494 g/mol. The van der Waals surface area contributed by atoms with E-state index >= 15 is 0 Å². The van der Waals surface area contributed by atoms with E-state index in [4.69, 9.17) is 5.11 Å². The quantitative estimate of drug-likeness (QED) is 0.199. The molecule has 0 saturated heterocycles. The fraction of sp³-hybridized carbons (Fsp3) is 0.833. The molecular formula is C18H37BiO2. The summed E-state index contributed by atoms with van der Waals surface area (Å²) in [6.45, 7) is 2.26.